The van der Waals surface area contributed by atoms with E-state index in [2.05, 4.69) is 15.5 Å². The standard InChI is InChI=1S/C15H14N4OS/c1-10-6-7-12(21-10)9-16-18-15(20)14-11(2)17-13-5-3-4-8-19(13)14/h3-9H,1-2H3,(H,18,20)/b16-9-. The highest BCUT2D eigenvalue weighted by molar-refractivity contribution is 7.13. The van der Waals surface area contributed by atoms with E-state index in [1.165, 1.54) is 4.88 Å². The number of rotatable bonds is 3. The third kappa shape index (κ3) is 2.71. The van der Waals surface area contributed by atoms with Gasteiger partial charge in [-0.25, -0.2) is 10.4 Å². The maximum absolute atomic E-state index is 12.3. The zero-order chi connectivity index (χ0) is 14.8. The molecule has 0 bridgehead atoms. The van der Waals surface area contributed by atoms with Gasteiger partial charge in [0, 0.05) is 16.0 Å². The Balaban J connectivity index is 1.81. The number of imidazole rings is 1. The van der Waals surface area contributed by atoms with Crippen LogP contribution in [0, 0.1) is 13.8 Å². The van der Waals surface area contributed by atoms with Gasteiger partial charge in [0.05, 0.1) is 11.9 Å². The molecule has 0 radical (unpaired) electrons. The minimum atomic E-state index is -0.268. The van der Waals surface area contributed by atoms with Gasteiger partial charge >= 0.3 is 0 Å². The second-order valence-corrected chi connectivity index (χ2v) is 5.94. The van der Waals surface area contributed by atoms with Gasteiger partial charge in [-0.15, -0.1) is 11.3 Å². The van der Waals surface area contributed by atoms with Crippen LogP contribution in [0.25, 0.3) is 5.65 Å². The average Bonchev–Trinajstić information content (AvgIpc) is 3.01. The summed E-state index contributed by atoms with van der Waals surface area (Å²) in [6.07, 6.45) is 3.46. The summed E-state index contributed by atoms with van der Waals surface area (Å²) in [5.41, 5.74) is 4.49. The van der Waals surface area contributed by atoms with Crippen LogP contribution in [0.5, 0.6) is 0 Å². The van der Waals surface area contributed by atoms with E-state index in [4.69, 9.17) is 0 Å². The summed E-state index contributed by atoms with van der Waals surface area (Å²) in [5.74, 6) is -0.268. The SMILES string of the molecule is Cc1ccc(/C=N\NC(=O)c2c(C)nc3ccccn23)s1. The van der Waals surface area contributed by atoms with Gasteiger partial charge in [-0.3, -0.25) is 9.20 Å². The molecule has 0 fully saturated rings. The zero-order valence-electron chi connectivity index (χ0n) is 11.7. The first-order chi connectivity index (χ1) is 10.1. The molecule has 0 saturated carbocycles. The van der Waals surface area contributed by atoms with E-state index in [1.54, 1.807) is 22.0 Å². The van der Waals surface area contributed by atoms with Crippen molar-refractivity contribution in [3.05, 3.63) is 57.7 Å². The number of hydrazone groups is 1. The van der Waals surface area contributed by atoms with Gasteiger partial charge in [-0.1, -0.05) is 6.07 Å². The Kier molecular flexibility index (Phi) is 3.53. The van der Waals surface area contributed by atoms with Crippen LogP contribution in [-0.2, 0) is 0 Å². The minimum Gasteiger partial charge on any atom is -0.295 e. The number of carbonyl (C=O) groups is 1. The number of hydrogen-bond acceptors (Lipinski definition) is 4. The van der Waals surface area contributed by atoms with Crippen LogP contribution in [0.4, 0.5) is 0 Å². The highest BCUT2D eigenvalue weighted by atomic mass is 32.1. The van der Waals surface area contributed by atoms with Crippen molar-refractivity contribution in [2.45, 2.75) is 13.8 Å². The van der Waals surface area contributed by atoms with Gasteiger partial charge < -0.3 is 0 Å². The Morgan fingerprint density at radius 3 is 2.95 bits per heavy atom. The number of aryl methyl sites for hydroxylation is 2. The molecular weight excluding hydrogens is 284 g/mol. The summed E-state index contributed by atoms with van der Waals surface area (Å²) in [6.45, 7) is 3.84. The first-order valence-electron chi connectivity index (χ1n) is 6.48. The smallest absolute Gasteiger partial charge is 0.290 e. The van der Waals surface area contributed by atoms with E-state index in [-0.39, 0.29) is 5.91 Å². The molecule has 0 aromatic carbocycles. The van der Waals surface area contributed by atoms with Crippen molar-refractivity contribution in [1.29, 1.82) is 0 Å². The molecule has 0 atom stereocenters. The van der Waals surface area contributed by atoms with E-state index in [1.807, 2.05) is 50.4 Å². The van der Waals surface area contributed by atoms with Crippen LogP contribution in [0.2, 0.25) is 0 Å². The molecule has 0 saturated heterocycles. The molecule has 3 heterocycles. The molecule has 3 aromatic heterocycles. The number of amides is 1. The van der Waals surface area contributed by atoms with Crippen LogP contribution in [0.1, 0.15) is 25.9 Å². The Bertz CT molecular complexity index is 831. The molecule has 1 amide bonds. The predicted octanol–water partition coefficient (Wildman–Crippen LogP) is 2.78. The van der Waals surface area contributed by atoms with E-state index >= 15 is 0 Å². The summed E-state index contributed by atoms with van der Waals surface area (Å²) in [5, 5.41) is 4.00. The van der Waals surface area contributed by atoms with Crippen LogP contribution in [0.15, 0.2) is 41.6 Å². The number of pyridine rings is 1. The van der Waals surface area contributed by atoms with E-state index < -0.39 is 0 Å². The Morgan fingerprint density at radius 2 is 2.19 bits per heavy atom. The van der Waals surface area contributed by atoms with Crippen LogP contribution < -0.4 is 5.43 Å². The van der Waals surface area contributed by atoms with Crippen LogP contribution in [0.3, 0.4) is 0 Å². The quantitative estimate of drug-likeness (QED) is 0.597. The van der Waals surface area contributed by atoms with Gasteiger partial charge in [-0.05, 0) is 38.1 Å². The van der Waals surface area contributed by atoms with Crippen molar-refractivity contribution in [2.75, 3.05) is 0 Å². The lowest BCUT2D eigenvalue weighted by Crippen LogP contribution is -2.20. The van der Waals surface area contributed by atoms with Gasteiger partial charge in [0.15, 0.2) is 0 Å². The number of fused-ring (bicyclic) bond motifs is 1. The highest BCUT2D eigenvalue weighted by Gasteiger charge is 2.15. The molecule has 0 spiro atoms. The van der Waals surface area contributed by atoms with Crippen molar-refractivity contribution in [1.82, 2.24) is 14.8 Å². The molecule has 0 aliphatic rings. The summed E-state index contributed by atoms with van der Waals surface area (Å²) < 4.78 is 1.76. The Morgan fingerprint density at radius 1 is 1.33 bits per heavy atom. The first kappa shape index (κ1) is 13.5. The molecule has 5 nitrogen and oxygen atoms in total. The molecule has 0 unspecified atom stereocenters. The van der Waals surface area contributed by atoms with Crippen molar-refractivity contribution in [2.24, 2.45) is 5.10 Å². The maximum Gasteiger partial charge on any atom is 0.290 e. The second-order valence-electron chi connectivity index (χ2n) is 4.62. The van der Waals surface area contributed by atoms with E-state index in [0.29, 0.717) is 11.4 Å². The van der Waals surface area contributed by atoms with E-state index in [0.717, 1.165) is 10.5 Å². The lowest BCUT2D eigenvalue weighted by atomic mass is 10.3. The number of carbonyl (C=O) groups excluding carboxylic acids is 1. The summed E-state index contributed by atoms with van der Waals surface area (Å²) >= 11 is 1.62. The van der Waals surface area contributed by atoms with Crippen molar-refractivity contribution in [3.8, 4) is 0 Å². The lowest BCUT2D eigenvalue weighted by molar-refractivity contribution is 0.0948. The van der Waals surface area contributed by atoms with Crippen molar-refractivity contribution >= 4 is 29.1 Å². The topological polar surface area (TPSA) is 58.8 Å². The lowest BCUT2D eigenvalue weighted by Gasteiger charge is -2.00. The molecule has 3 rings (SSSR count). The Labute approximate surface area is 126 Å². The third-order valence-corrected chi connectivity index (χ3v) is 3.97. The summed E-state index contributed by atoms with van der Waals surface area (Å²) in [7, 11) is 0. The van der Waals surface area contributed by atoms with Gasteiger partial charge in [0.1, 0.15) is 11.3 Å². The maximum atomic E-state index is 12.3. The normalized spacial score (nSPS) is 11.3. The number of aromatic nitrogens is 2. The van der Waals surface area contributed by atoms with Crippen molar-refractivity contribution < 1.29 is 4.79 Å². The highest BCUT2D eigenvalue weighted by Crippen LogP contribution is 2.13. The summed E-state index contributed by atoms with van der Waals surface area (Å²) in [4.78, 5) is 18.8. The molecule has 3 aromatic rings. The second kappa shape index (κ2) is 5.49. The molecule has 21 heavy (non-hydrogen) atoms. The Hall–Kier alpha value is -2.47. The third-order valence-electron chi connectivity index (χ3n) is 3.04. The molecule has 0 aliphatic carbocycles. The monoisotopic (exact) mass is 298 g/mol. The zero-order valence-corrected chi connectivity index (χ0v) is 12.5. The molecule has 1 N–H and O–H groups in total. The fraction of sp³-hybridized carbons (Fsp3) is 0.133. The molecule has 0 aliphatic heterocycles. The fourth-order valence-corrected chi connectivity index (χ4v) is 2.87. The predicted molar refractivity (Wildman–Crippen MR) is 84.0 cm³/mol. The van der Waals surface area contributed by atoms with Crippen LogP contribution in [-0.4, -0.2) is 21.5 Å². The van der Waals surface area contributed by atoms with Gasteiger partial charge in [0.25, 0.3) is 5.91 Å². The number of hydrogen-bond donors (Lipinski definition) is 1. The first-order valence-corrected chi connectivity index (χ1v) is 7.30. The largest absolute Gasteiger partial charge is 0.295 e. The molecule has 6 heteroatoms. The molecule has 106 valence electrons. The fourth-order valence-electron chi connectivity index (χ4n) is 2.12. The summed E-state index contributed by atoms with van der Waals surface area (Å²) in [6, 6.07) is 9.60. The van der Waals surface area contributed by atoms with E-state index in [9.17, 15) is 4.79 Å². The van der Waals surface area contributed by atoms with Gasteiger partial charge in [0.2, 0.25) is 0 Å². The number of thiophene rings is 1. The molecular formula is C15H14N4OS. The van der Waals surface area contributed by atoms with Gasteiger partial charge in [-0.2, -0.15) is 5.10 Å². The number of nitrogens with one attached hydrogen (secondary N) is 1. The van der Waals surface area contributed by atoms with Crippen LogP contribution >= 0.6 is 11.3 Å². The average molecular weight is 298 g/mol. The number of nitrogens with zero attached hydrogens (tertiary/aromatic N) is 3. The minimum absolute atomic E-state index is 0.268. The van der Waals surface area contributed by atoms with Crippen molar-refractivity contribution in [3.63, 3.8) is 0 Å².